The molecule has 0 aliphatic carbocycles. The molecule has 1 aromatic heterocycles. The summed E-state index contributed by atoms with van der Waals surface area (Å²) >= 11 is 0. The summed E-state index contributed by atoms with van der Waals surface area (Å²) in [7, 11) is 1.59. The van der Waals surface area contributed by atoms with Gasteiger partial charge in [0, 0.05) is 17.8 Å². The minimum atomic E-state index is 0.579. The summed E-state index contributed by atoms with van der Waals surface area (Å²) in [6, 6.07) is 15.5. The van der Waals surface area contributed by atoms with E-state index in [4.69, 9.17) is 10.5 Å². The maximum absolute atomic E-state index is 5.87. The van der Waals surface area contributed by atoms with Crippen LogP contribution in [0.15, 0.2) is 59.7 Å². The number of aliphatic imine (C=N–C) groups is 1. The summed E-state index contributed by atoms with van der Waals surface area (Å²) in [5, 5.41) is 1.09. The molecule has 21 heavy (non-hydrogen) atoms. The highest BCUT2D eigenvalue weighted by atomic mass is 16.5. The van der Waals surface area contributed by atoms with Gasteiger partial charge in [0.15, 0.2) is 0 Å². The largest absolute Gasteiger partial charge is 0.495 e. The quantitative estimate of drug-likeness (QED) is 0.588. The number of nitrogens with zero attached hydrogens (tertiary/aromatic N) is 2. The molecule has 0 spiro atoms. The van der Waals surface area contributed by atoms with E-state index in [-0.39, 0.29) is 0 Å². The lowest BCUT2D eigenvalue weighted by Crippen LogP contribution is -1.91. The zero-order chi connectivity index (χ0) is 14.7. The van der Waals surface area contributed by atoms with Crippen LogP contribution in [0.25, 0.3) is 10.9 Å². The fourth-order valence-corrected chi connectivity index (χ4v) is 2.13. The fraction of sp³-hybridized carbons (Fsp3) is 0.0588. The molecule has 3 aromatic rings. The zero-order valence-corrected chi connectivity index (χ0v) is 11.7. The Labute approximate surface area is 122 Å². The van der Waals surface area contributed by atoms with Crippen LogP contribution in [0.1, 0.15) is 5.56 Å². The van der Waals surface area contributed by atoms with E-state index in [9.17, 15) is 0 Å². The highest BCUT2D eigenvalue weighted by Gasteiger charge is 1.99. The Morgan fingerprint density at radius 1 is 1.14 bits per heavy atom. The molecule has 3 rings (SSSR count). The average Bonchev–Trinajstić information content (AvgIpc) is 2.53. The second kappa shape index (κ2) is 5.63. The summed E-state index contributed by atoms with van der Waals surface area (Å²) < 4.78 is 5.13. The Morgan fingerprint density at radius 2 is 2.05 bits per heavy atom. The Morgan fingerprint density at radius 3 is 2.86 bits per heavy atom. The lowest BCUT2D eigenvalue weighted by Gasteiger charge is -2.04. The Balaban J connectivity index is 1.88. The molecule has 0 aliphatic rings. The molecule has 0 aliphatic heterocycles. The van der Waals surface area contributed by atoms with E-state index in [1.807, 2.05) is 42.6 Å². The first-order valence-electron chi connectivity index (χ1n) is 6.58. The smallest absolute Gasteiger partial charge is 0.141 e. The summed E-state index contributed by atoms with van der Waals surface area (Å²) in [5.74, 6) is 0.658. The molecule has 0 unspecified atom stereocenters. The van der Waals surface area contributed by atoms with Gasteiger partial charge in [0.1, 0.15) is 5.75 Å². The van der Waals surface area contributed by atoms with E-state index in [0.29, 0.717) is 11.4 Å². The standard InChI is InChI=1S/C17H15N3O/c1-21-17-7-5-14(10-15(17)18)20-11-12-4-6-16-13(9-12)3-2-8-19-16/h2-11H,18H2,1H3. The van der Waals surface area contributed by atoms with Crippen molar-refractivity contribution in [2.24, 2.45) is 4.99 Å². The number of fused-ring (bicyclic) bond motifs is 1. The Kier molecular flexibility index (Phi) is 3.51. The third kappa shape index (κ3) is 2.84. The first-order valence-corrected chi connectivity index (χ1v) is 6.58. The minimum absolute atomic E-state index is 0.579. The first-order chi connectivity index (χ1) is 10.3. The van der Waals surface area contributed by atoms with Crippen LogP contribution in [0.3, 0.4) is 0 Å². The van der Waals surface area contributed by atoms with Gasteiger partial charge in [0.2, 0.25) is 0 Å². The molecule has 0 amide bonds. The Hall–Kier alpha value is -2.88. The number of ether oxygens (including phenoxy) is 1. The predicted octanol–water partition coefficient (Wildman–Crippen LogP) is 3.58. The highest BCUT2D eigenvalue weighted by molar-refractivity contribution is 5.89. The van der Waals surface area contributed by atoms with Crippen molar-refractivity contribution in [2.75, 3.05) is 12.8 Å². The van der Waals surface area contributed by atoms with Crippen molar-refractivity contribution in [1.29, 1.82) is 0 Å². The summed E-state index contributed by atoms with van der Waals surface area (Å²) in [6.07, 6.45) is 3.60. The van der Waals surface area contributed by atoms with Crippen molar-refractivity contribution in [3.05, 3.63) is 60.3 Å². The number of pyridine rings is 1. The number of methoxy groups -OCH3 is 1. The lowest BCUT2D eigenvalue weighted by molar-refractivity contribution is 0.417. The van der Waals surface area contributed by atoms with Gasteiger partial charge in [-0.05, 0) is 42.0 Å². The number of hydrogen-bond acceptors (Lipinski definition) is 4. The van der Waals surface area contributed by atoms with E-state index in [2.05, 4.69) is 16.0 Å². The molecular formula is C17H15N3O. The van der Waals surface area contributed by atoms with Gasteiger partial charge in [-0.2, -0.15) is 0 Å². The van der Waals surface area contributed by atoms with Gasteiger partial charge in [-0.3, -0.25) is 9.98 Å². The summed E-state index contributed by atoms with van der Waals surface area (Å²) in [4.78, 5) is 8.73. The molecule has 2 N–H and O–H groups in total. The number of rotatable bonds is 3. The minimum Gasteiger partial charge on any atom is -0.495 e. The number of nitrogen functional groups attached to an aromatic ring is 1. The van der Waals surface area contributed by atoms with Gasteiger partial charge < -0.3 is 10.5 Å². The monoisotopic (exact) mass is 277 g/mol. The van der Waals surface area contributed by atoms with E-state index < -0.39 is 0 Å². The van der Waals surface area contributed by atoms with Crippen LogP contribution in [-0.2, 0) is 0 Å². The van der Waals surface area contributed by atoms with Crippen molar-refractivity contribution >= 4 is 28.5 Å². The second-order valence-electron chi connectivity index (χ2n) is 4.64. The molecule has 2 aromatic carbocycles. The predicted molar refractivity (Wildman–Crippen MR) is 86.4 cm³/mol. The molecule has 0 radical (unpaired) electrons. The summed E-state index contributed by atoms with van der Waals surface area (Å²) in [5.41, 5.74) is 9.23. The second-order valence-corrected chi connectivity index (χ2v) is 4.64. The molecular weight excluding hydrogens is 262 g/mol. The third-order valence-corrected chi connectivity index (χ3v) is 3.20. The summed E-state index contributed by atoms with van der Waals surface area (Å²) in [6.45, 7) is 0. The molecule has 1 heterocycles. The topological polar surface area (TPSA) is 60.5 Å². The first kappa shape index (κ1) is 13.1. The van der Waals surface area contributed by atoms with Gasteiger partial charge >= 0.3 is 0 Å². The molecule has 0 saturated carbocycles. The Bertz CT molecular complexity index is 812. The molecule has 4 heteroatoms. The number of benzene rings is 2. The number of hydrogen-bond donors (Lipinski definition) is 1. The number of nitrogens with two attached hydrogens (primary N) is 1. The SMILES string of the molecule is COc1ccc(N=Cc2ccc3ncccc3c2)cc1N. The molecule has 0 saturated heterocycles. The van der Waals surface area contributed by atoms with Gasteiger partial charge in [0.25, 0.3) is 0 Å². The molecule has 0 bridgehead atoms. The normalized spacial score (nSPS) is 11.1. The van der Waals surface area contributed by atoms with Crippen molar-refractivity contribution in [3.63, 3.8) is 0 Å². The van der Waals surface area contributed by atoms with Gasteiger partial charge in [-0.1, -0.05) is 12.1 Å². The zero-order valence-electron chi connectivity index (χ0n) is 11.7. The van der Waals surface area contributed by atoms with Crippen molar-refractivity contribution in [3.8, 4) is 5.75 Å². The van der Waals surface area contributed by atoms with Crippen molar-refractivity contribution < 1.29 is 4.74 Å². The van der Waals surface area contributed by atoms with Crippen LogP contribution in [0.5, 0.6) is 5.75 Å². The fourth-order valence-electron chi connectivity index (χ4n) is 2.13. The van der Waals surface area contributed by atoms with Crippen LogP contribution < -0.4 is 10.5 Å². The van der Waals surface area contributed by atoms with E-state index >= 15 is 0 Å². The van der Waals surface area contributed by atoms with Crippen molar-refractivity contribution in [1.82, 2.24) is 4.98 Å². The van der Waals surface area contributed by atoms with Crippen LogP contribution >= 0.6 is 0 Å². The van der Waals surface area contributed by atoms with Gasteiger partial charge in [-0.25, -0.2) is 0 Å². The van der Waals surface area contributed by atoms with Crippen LogP contribution in [0.4, 0.5) is 11.4 Å². The lowest BCUT2D eigenvalue weighted by atomic mass is 10.1. The van der Waals surface area contributed by atoms with Crippen LogP contribution in [0.2, 0.25) is 0 Å². The third-order valence-electron chi connectivity index (χ3n) is 3.20. The average molecular weight is 277 g/mol. The van der Waals surface area contributed by atoms with Crippen LogP contribution in [0, 0.1) is 0 Å². The molecule has 0 fully saturated rings. The molecule has 104 valence electrons. The highest BCUT2D eigenvalue weighted by Crippen LogP contribution is 2.26. The maximum atomic E-state index is 5.87. The molecule has 4 nitrogen and oxygen atoms in total. The van der Waals surface area contributed by atoms with Crippen molar-refractivity contribution in [2.45, 2.75) is 0 Å². The van der Waals surface area contributed by atoms with E-state index in [0.717, 1.165) is 22.2 Å². The number of anilines is 1. The van der Waals surface area contributed by atoms with Gasteiger partial charge in [0.05, 0.1) is 24.0 Å². The molecule has 0 atom stereocenters. The maximum Gasteiger partial charge on any atom is 0.141 e. The number of aromatic nitrogens is 1. The van der Waals surface area contributed by atoms with Gasteiger partial charge in [-0.15, -0.1) is 0 Å². The van der Waals surface area contributed by atoms with Crippen LogP contribution in [-0.4, -0.2) is 18.3 Å². The van der Waals surface area contributed by atoms with E-state index in [1.54, 1.807) is 19.4 Å². The van der Waals surface area contributed by atoms with E-state index in [1.165, 1.54) is 0 Å².